The Morgan fingerprint density at radius 2 is 1.84 bits per heavy atom. The van der Waals surface area contributed by atoms with Crippen LogP contribution in [-0.4, -0.2) is 64.1 Å². The summed E-state index contributed by atoms with van der Waals surface area (Å²) in [4.78, 5) is 29.1. The van der Waals surface area contributed by atoms with Crippen LogP contribution in [0.25, 0.3) is 5.65 Å². The highest BCUT2D eigenvalue weighted by Crippen LogP contribution is 2.21. The van der Waals surface area contributed by atoms with Crippen molar-refractivity contribution >= 4 is 40.7 Å². The van der Waals surface area contributed by atoms with Gasteiger partial charge in [-0.25, -0.2) is 4.40 Å². The molecule has 9 nitrogen and oxygen atoms in total. The molecule has 10 heteroatoms. The van der Waals surface area contributed by atoms with Crippen molar-refractivity contribution in [1.82, 2.24) is 19.5 Å². The number of hydrogen-bond acceptors (Lipinski definition) is 6. The Morgan fingerprint density at radius 1 is 1.06 bits per heavy atom. The minimum Gasteiger partial charge on any atom is -0.479 e. The van der Waals surface area contributed by atoms with Gasteiger partial charge >= 0.3 is 0 Å². The second kappa shape index (κ2) is 9.86. The number of amides is 2. The van der Waals surface area contributed by atoms with Crippen molar-refractivity contribution in [3.8, 4) is 5.88 Å². The molecule has 2 aromatic heterocycles. The van der Waals surface area contributed by atoms with Gasteiger partial charge in [0.05, 0.1) is 6.61 Å². The number of benzene rings is 1. The maximum atomic E-state index is 12.6. The van der Waals surface area contributed by atoms with Crippen molar-refractivity contribution in [2.45, 2.75) is 19.8 Å². The SMILES string of the molecule is CCOc1cccc2nnc(NC(=O)CCC(=O)N3CCN(c4cccc(Cl)c4)CC3)n12. The average molecular weight is 457 g/mol. The molecule has 1 aromatic carbocycles. The number of aromatic nitrogens is 3. The van der Waals surface area contributed by atoms with Gasteiger partial charge in [-0.2, -0.15) is 0 Å². The second-order valence-corrected chi connectivity index (χ2v) is 7.85. The van der Waals surface area contributed by atoms with Crippen LogP contribution in [0.4, 0.5) is 11.6 Å². The van der Waals surface area contributed by atoms with Crippen LogP contribution < -0.4 is 15.0 Å². The molecule has 0 atom stereocenters. The Balaban J connectivity index is 1.29. The number of fused-ring (bicyclic) bond motifs is 1. The number of carbonyl (C=O) groups excluding carboxylic acids is 2. The summed E-state index contributed by atoms with van der Waals surface area (Å²) in [6.45, 7) is 5.03. The van der Waals surface area contributed by atoms with Gasteiger partial charge in [-0.3, -0.25) is 14.9 Å². The molecule has 3 heterocycles. The third kappa shape index (κ3) is 4.94. The quantitative estimate of drug-likeness (QED) is 0.587. The average Bonchev–Trinajstić information content (AvgIpc) is 3.21. The highest BCUT2D eigenvalue weighted by Gasteiger charge is 2.22. The van der Waals surface area contributed by atoms with E-state index in [1.54, 1.807) is 21.4 Å². The number of halogens is 1. The first-order chi connectivity index (χ1) is 15.5. The lowest BCUT2D eigenvalue weighted by Gasteiger charge is -2.36. The van der Waals surface area contributed by atoms with Gasteiger partial charge in [0.2, 0.25) is 23.6 Å². The fourth-order valence-corrected chi connectivity index (χ4v) is 3.89. The topological polar surface area (TPSA) is 92.1 Å². The van der Waals surface area contributed by atoms with Gasteiger partial charge in [0.15, 0.2) is 5.65 Å². The number of hydrogen-bond donors (Lipinski definition) is 1. The number of ether oxygens (including phenoxy) is 1. The van der Waals surface area contributed by atoms with Gasteiger partial charge < -0.3 is 14.5 Å². The molecular weight excluding hydrogens is 432 g/mol. The predicted octanol–water partition coefficient (Wildman–Crippen LogP) is 2.85. The predicted molar refractivity (Wildman–Crippen MR) is 122 cm³/mol. The fourth-order valence-electron chi connectivity index (χ4n) is 3.71. The second-order valence-electron chi connectivity index (χ2n) is 7.41. The minimum atomic E-state index is -0.295. The normalized spacial score (nSPS) is 13.9. The smallest absolute Gasteiger partial charge is 0.238 e. The van der Waals surface area contributed by atoms with Gasteiger partial charge in [-0.1, -0.05) is 23.7 Å². The Bertz CT molecular complexity index is 1110. The molecule has 0 bridgehead atoms. The number of nitrogens with one attached hydrogen (secondary N) is 1. The molecule has 3 aromatic rings. The van der Waals surface area contributed by atoms with E-state index in [1.807, 2.05) is 37.3 Å². The fraction of sp³-hybridized carbons (Fsp3) is 0.364. The summed E-state index contributed by atoms with van der Waals surface area (Å²) in [5, 5.41) is 11.5. The van der Waals surface area contributed by atoms with Crippen LogP contribution in [0.5, 0.6) is 5.88 Å². The lowest BCUT2D eigenvalue weighted by Crippen LogP contribution is -2.48. The zero-order valence-corrected chi connectivity index (χ0v) is 18.6. The number of nitrogens with zero attached hydrogens (tertiary/aromatic N) is 5. The van der Waals surface area contributed by atoms with Crippen molar-refractivity contribution in [1.29, 1.82) is 0 Å². The molecule has 0 spiro atoms. The third-order valence-corrected chi connectivity index (χ3v) is 5.54. The van der Waals surface area contributed by atoms with Crippen LogP contribution in [0, 0.1) is 0 Å². The van der Waals surface area contributed by atoms with E-state index in [-0.39, 0.29) is 30.6 Å². The summed E-state index contributed by atoms with van der Waals surface area (Å²) in [5.74, 6) is 0.485. The monoisotopic (exact) mass is 456 g/mol. The molecule has 0 unspecified atom stereocenters. The van der Waals surface area contributed by atoms with Crippen LogP contribution in [0.2, 0.25) is 5.02 Å². The zero-order valence-electron chi connectivity index (χ0n) is 17.8. The van der Waals surface area contributed by atoms with E-state index < -0.39 is 0 Å². The van der Waals surface area contributed by atoms with E-state index in [2.05, 4.69) is 20.4 Å². The van der Waals surface area contributed by atoms with Gasteiger partial charge in [0.1, 0.15) is 0 Å². The van der Waals surface area contributed by atoms with E-state index in [0.29, 0.717) is 36.2 Å². The Labute approximate surface area is 190 Å². The molecule has 168 valence electrons. The number of piperazine rings is 1. The number of carbonyl (C=O) groups is 2. The van der Waals surface area contributed by atoms with Crippen molar-refractivity contribution in [2.75, 3.05) is 43.0 Å². The lowest BCUT2D eigenvalue weighted by atomic mass is 10.2. The van der Waals surface area contributed by atoms with E-state index >= 15 is 0 Å². The van der Waals surface area contributed by atoms with Crippen molar-refractivity contribution in [3.63, 3.8) is 0 Å². The molecule has 1 aliphatic heterocycles. The molecule has 1 fully saturated rings. The van der Waals surface area contributed by atoms with E-state index in [1.165, 1.54) is 0 Å². The first-order valence-electron chi connectivity index (χ1n) is 10.6. The van der Waals surface area contributed by atoms with Gasteiger partial charge in [-0.15, -0.1) is 10.2 Å². The molecule has 1 aliphatic rings. The Kier molecular flexibility index (Phi) is 6.75. The Morgan fingerprint density at radius 3 is 2.59 bits per heavy atom. The van der Waals surface area contributed by atoms with Crippen LogP contribution in [0.1, 0.15) is 19.8 Å². The molecule has 2 amide bonds. The van der Waals surface area contributed by atoms with E-state index in [4.69, 9.17) is 16.3 Å². The van der Waals surface area contributed by atoms with E-state index in [0.717, 1.165) is 18.8 Å². The molecule has 32 heavy (non-hydrogen) atoms. The molecule has 1 saturated heterocycles. The summed E-state index contributed by atoms with van der Waals surface area (Å²) >= 11 is 6.08. The van der Waals surface area contributed by atoms with Gasteiger partial charge in [0.25, 0.3) is 0 Å². The van der Waals surface area contributed by atoms with Crippen molar-refractivity contribution in [3.05, 3.63) is 47.5 Å². The summed E-state index contributed by atoms with van der Waals surface area (Å²) in [7, 11) is 0. The highest BCUT2D eigenvalue weighted by atomic mass is 35.5. The molecule has 0 aliphatic carbocycles. The molecule has 0 saturated carbocycles. The summed E-state index contributed by atoms with van der Waals surface area (Å²) in [6, 6.07) is 13.1. The number of rotatable bonds is 7. The largest absolute Gasteiger partial charge is 0.479 e. The maximum Gasteiger partial charge on any atom is 0.238 e. The van der Waals surface area contributed by atoms with E-state index in [9.17, 15) is 9.59 Å². The van der Waals surface area contributed by atoms with Crippen molar-refractivity contribution in [2.24, 2.45) is 0 Å². The number of pyridine rings is 1. The minimum absolute atomic E-state index is 0.0352. The molecule has 0 radical (unpaired) electrons. The third-order valence-electron chi connectivity index (χ3n) is 5.31. The first kappa shape index (κ1) is 21.9. The van der Waals surface area contributed by atoms with Gasteiger partial charge in [0, 0.05) is 49.7 Å². The van der Waals surface area contributed by atoms with Crippen LogP contribution in [0.15, 0.2) is 42.5 Å². The maximum absolute atomic E-state index is 12.6. The van der Waals surface area contributed by atoms with Crippen molar-refractivity contribution < 1.29 is 14.3 Å². The Hall–Kier alpha value is -3.33. The van der Waals surface area contributed by atoms with Crippen LogP contribution in [-0.2, 0) is 9.59 Å². The zero-order chi connectivity index (χ0) is 22.5. The summed E-state index contributed by atoms with van der Waals surface area (Å²) < 4.78 is 7.22. The lowest BCUT2D eigenvalue weighted by molar-refractivity contribution is -0.133. The molecule has 1 N–H and O–H groups in total. The highest BCUT2D eigenvalue weighted by molar-refractivity contribution is 6.30. The number of anilines is 2. The summed E-state index contributed by atoms with van der Waals surface area (Å²) in [5.41, 5.74) is 1.62. The molecule has 4 rings (SSSR count). The summed E-state index contributed by atoms with van der Waals surface area (Å²) in [6.07, 6.45) is 0.205. The standard InChI is InChI=1S/C22H25ClN6O3/c1-2-32-21-8-4-7-18-25-26-22(29(18)21)24-19(30)9-10-20(31)28-13-11-27(12-14-28)17-6-3-5-16(23)15-17/h3-8,15H,2,9-14H2,1H3,(H,24,26,30). The molecular formula is C22H25ClN6O3. The van der Waals surface area contributed by atoms with Crippen LogP contribution in [0.3, 0.4) is 0 Å². The van der Waals surface area contributed by atoms with Gasteiger partial charge in [-0.05, 0) is 37.3 Å². The first-order valence-corrected chi connectivity index (χ1v) is 11.0. The van der Waals surface area contributed by atoms with Crippen LogP contribution >= 0.6 is 11.6 Å².